The zero-order valence-electron chi connectivity index (χ0n) is 12.7. The van der Waals surface area contributed by atoms with Crippen molar-refractivity contribution >= 4 is 21.4 Å². The summed E-state index contributed by atoms with van der Waals surface area (Å²) >= 11 is 1.21. The number of benzene rings is 1. The molecule has 1 aromatic heterocycles. The van der Waals surface area contributed by atoms with Crippen LogP contribution in [0.1, 0.15) is 34.3 Å². The number of methoxy groups -OCH3 is 1. The third-order valence-electron chi connectivity index (χ3n) is 3.85. The Morgan fingerprint density at radius 1 is 1.36 bits per heavy atom. The number of hydrogen-bond donors (Lipinski definition) is 1. The van der Waals surface area contributed by atoms with Crippen LogP contribution in [-0.2, 0) is 16.4 Å². The van der Waals surface area contributed by atoms with Crippen molar-refractivity contribution in [3.8, 4) is 5.75 Å². The smallest absolute Gasteiger partial charge is 0.252 e. The van der Waals surface area contributed by atoms with E-state index in [-0.39, 0.29) is 6.04 Å². The van der Waals surface area contributed by atoms with Gasteiger partial charge >= 0.3 is 0 Å². The predicted molar refractivity (Wildman–Crippen MR) is 86.0 cm³/mol. The Labute approximate surface area is 134 Å². The van der Waals surface area contributed by atoms with Gasteiger partial charge in [-0.1, -0.05) is 12.1 Å². The molecule has 1 heterocycles. The van der Waals surface area contributed by atoms with Gasteiger partial charge in [-0.25, -0.2) is 18.1 Å². The number of aromatic nitrogens is 1. The summed E-state index contributed by atoms with van der Waals surface area (Å²) < 4.78 is 33.7. The van der Waals surface area contributed by atoms with E-state index in [0.29, 0.717) is 9.90 Å². The minimum atomic E-state index is -3.55. The predicted octanol–water partition coefficient (Wildman–Crippen LogP) is 2.73. The van der Waals surface area contributed by atoms with E-state index < -0.39 is 10.0 Å². The number of thiazole rings is 1. The van der Waals surface area contributed by atoms with Gasteiger partial charge in [0, 0.05) is 6.04 Å². The van der Waals surface area contributed by atoms with Crippen LogP contribution in [0.3, 0.4) is 0 Å². The van der Waals surface area contributed by atoms with E-state index in [2.05, 4.69) is 9.71 Å². The maximum atomic E-state index is 12.6. The summed E-state index contributed by atoms with van der Waals surface area (Å²) in [4.78, 5) is 4.20. The standard InChI is InChI=1S/C15H18N2O3S2/c1-9-15(21-10(2)16-9)22(18,19)17-13-8-7-12-11(13)5-4-6-14(12)20-3/h4-6,13,17H,7-8H2,1-3H3. The minimum Gasteiger partial charge on any atom is -0.496 e. The summed E-state index contributed by atoms with van der Waals surface area (Å²) in [5, 5.41) is 0.756. The molecular weight excluding hydrogens is 320 g/mol. The first-order valence-electron chi connectivity index (χ1n) is 7.04. The summed E-state index contributed by atoms with van der Waals surface area (Å²) in [6.45, 7) is 3.54. The van der Waals surface area contributed by atoms with E-state index in [4.69, 9.17) is 4.74 Å². The Morgan fingerprint density at radius 3 is 2.77 bits per heavy atom. The Balaban J connectivity index is 1.92. The van der Waals surface area contributed by atoms with Gasteiger partial charge in [-0.2, -0.15) is 0 Å². The first-order chi connectivity index (χ1) is 10.4. The van der Waals surface area contributed by atoms with Gasteiger partial charge in [0.05, 0.1) is 17.8 Å². The summed E-state index contributed by atoms with van der Waals surface area (Å²) in [7, 11) is -1.92. The van der Waals surface area contributed by atoms with Crippen LogP contribution in [0.15, 0.2) is 22.4 Å². The fraction of sp³-hybridized carbons (Fsp3) is 0.400. The van der Waals surface area contributed by atoms with E-state index in [1.54, 1.807) is 14.0 Å². The van der Waals surface area contributed by atoms with Crippen LogP contribution in [-0.4, -0.2) is 20.5 Å². The van der Waals surface area contributed by atoms with Gasteiger partial charge in [0.2, 0.25) is 0 Å². The van der Waals surface area contributed by atoms with Gasteiger partial charge in [-0.05, 0) is 43.9 Å². The number of nitrogens with zero attached hydrogens (tertiary/aromatic N) is 1. The highest BCUT2D eigenvalue weighted by Gasteiger charge is 2.31. The van der Waals surface area contributed by atoms with Crippen molar-refractivity contribution in [1.29, 1.82) is 0 Å². The number of sulfonamides is 1. The third-order valence-corrected chi connectivity index (χ3v) is 7.00. The second-order valence-corrected chi connectivity index (χ2v) is 8.46. The molecule has 5 nitrogen and oxygen atoms in total. The highest BCUT2D eigenvalue weighted by molar-refractivity contribution is 7.91. The van der Waals surface area contributed by atoms with Crippen molar-refractivity contribution in [2.75, 3.05) is 7.11 Å². The molecule has 0 fully saturated rings. The number of aryl methyl sites for hydroxylation is 2. The number of ether oxygens (including phenoxy) is 1. The van der Waals surface area contributed by atoms with Crippen molar-refractivity contribution in [3.63, 3.8) is 0 Å². The molecule has 1 N–H and O–H groups in total. The Morgan fingerprint density at radius 2 is 2.14 bits per heavy atom. The Kier molecular flexibility index (Phi) is 3.96. The monoisotopic (exact) mass is 338 g/mol. The molecule has 1 aliphatic rings. The second-order valence-electron chi connectivity index (χ2n) is 5.35. The molecule has 1 aromatic carbocycles. The summed E-state index contributed by atoms with van der Waals surface area (Å²) in [5.74, 6) is 0.823. The fourth-order valence-corrected chi connectivity index (χ4v) is 5.69. The topological polar surface area (TPSA) is 68.3 Å². The number of nitrogens with one attached hydrogen (secondary N) is 1. The first kappa shape index (κ1) is 15.5. The van der Waals surface area contributed by atoms with Crippen molar-refractivity contribution < 1.29 is 13.2 Å². The van der Waals surface area contributed by atoms with Crippen molar-refractivity contribution in [2.45, 2.75) is 36.9 Å². The maximum absolute atomic E-state index is 12.6. The fourth-order valence-electron chi connectivity index (χ4n) is 2.94. The SMILES string of the molecule is COc1cccc2c1CCC2NS(=O)(=O)c1sc(C)nc1C. The van der Waals surface area contributed by atoms with E-state index in [1.807, 2.05) is 25.1 Å². The second kappa shape index (κ2) is 5.64. The number of hydrogen-bond acceptors (Lipinski definition) is 5. The zero-order valence-corrected chi connectivity index (χ0v) is 14.3. The van der Waals surface area contributed by atoms with Gasteiger partial charge in [0.15, 0.2) is 4.21 Å². The van der Waals surface area contributed by atoms with Crippen LogP contribution >= 0.6 is 11.3 Å². The van der Waals surface area contributed by atoms with Gasteiger partial charge < -0.3 is 4.74 Å². The Hall–Kier alpha value is -1.44. The lowest BCUT2D eigenvalue weighted by Crippen LogP contribution is -2.27. The molecule has 0 bridgehead atoms. The van der Waals surface area contributed by atoms with E-state index in [1.165, 1.54) is 11.3 Å². The van der Waals surface area contributed by atoms with E-state index in [9.17, 15) is 8.42 Å². The average Bonchev–Trinajstić information content (AvgIpc) is 3.02. The van der Waals surface area contributed by atoms with Crippen LogP contribution in [0.2, 0.25) is 0 Å². The van der Waals surface area contributed by atoms with Crippen LogP contribution in [0.5, 0.6) is 5.75 Å². The van der Waals surface area contributed by atoms with E-state index >= 15 is 0 Å². The van der Waals surface area contributed by atoms with Crippen molar-refractivity contribution in [2.24, 2.45) is 0 Å². The molecule has 7 heteroatoms. The van der Waals surface area contributed by atoms with Crippen molar-refractivity contribution in [1.82, 2.24) is 9.71 Å². The quantitative estimate of drug-likeness (QED) is 0.931. The minimum absolute atomic E-state index is 0.211. The van der Waals surface area contributed by atoms with Crippen LogP contribution < -0.4 is 9.46 Å². The van der Waals surface area contributed by atoms with Gasteiger partial charge in [-0.3, -0.25) is 0 Å². The molecule has 22 heavy (non-hydrogen) atoms. The molecule has 1 unspecified atom stereocenters. The molecule has 1 aliphatic carbocycles. The molecule has 1 atom stereocenters. The first-order valence-corrected chi connectivity index (χ1v) is 9.34. The molecule has 0 amide bonds. The van der Waals surface area contributed by atoms with Gasteiger partial charge in [0.1, 0.15) is 5.75 Å². The zero-order chi connectivity index (χ0) is 15.9. The summed E-state index contributed by atoms with van der Waals surface area (Å²) in [5.41, 5.74) is 2.65. The molecule has 0 saturated carbocycles. The summed E-state index contributed by atoms with van der Waals surface area (Å²) in [6.07, 6.45) is 1.55. The number of fused-ring (bicyclic) bond motifs is 1. The largest absolute Gasteiger partial charge is 0.496 e. The molecule has 0 radical (unpaired) electrons. The van der Waals surface area contributed by atoms with Crippen LogP contribution in [0.4, 0.5) is 0 Å². The Bertz CT molecular complexity index is 812. The molecular formula is C15H18N2O3S2. The molecule has 2 aromatic rings. The number of rotatable bonds is 4. The highest BCUT2D eigenvalue weighted by atomic mass is 32.2. The third kappa shape index (κ3) is 2.64. The normalized spacial score (nSPS) is 17.5. The lowest BCUT2D eigenvalue weighted by atomic mass is 10.1. The molecule has 118 valence electrons. The lowest BCUT2D eigenvalue weighted by molar-refractivity contribution is 0.410. The van der Waals surface area contributed by atoms with Crippen LogP contribution in [0.25, 0.3) is 0 Å². The maximum Gasteiger partial charge on any atom is 0.252 e. The van der Waals surface area contributed by atoms with Gasteiger partial charge in [0.25, 0.3) is 10.0 Å². The molecule has 0 saturated heterocycles. The van der Waals surface area contributed by atoms with Crippen LogP contribution in [0, 0.1) is 13.8 Å². The lowest BCUT2D eigenvalue weighted by Gasteiger charge is -2.14. The average molecular weight is 338 g/mol. The van der Waals surface area contributed by atoms with E-state index in [0.717, 1.165) is 34.7 Å². The van der Waals surface area contributed by atoms with Crippen molar-refractivity contribution in [3.05, 3.63) is 40.0 Å². The van der Waals surface area contributed by atoms with Gasteiger partial charge in [-0.15, -0.1) is 11.3 Å². The molecule has 0 aliphatic heterocycles. The summed E-state index contributed by atoms with van der Waals surface area (Å²) in [6, 6.07) is 5.55. The highest BCUT2D eigenvalue weighted by Crippen LogP contribution is 2.38. The molecule has 3 rings (SSSR count). The molecule has 0 spiro atoms.